The van der Waals surface area contributed by atoms with Crippen molar-refractivity contribution in [3.8, 4) is 5.75 Å². The molecule has 0 saturated heterocycles. The molecule has 2 amide bonds. The molecule has 0 aliphatic carbocycles. The van der Waals surface area contributed by atoms with Gasteiger partial charge in [-0.15, -0.1) is 0 Å². The van der Waals surface area contributed by atoms with E-state index in [1.807, 2.05) is 13.0 Å². The molecule has 23 heavy (non-hydrogen) atoms. The Morgan fingerprint density at radius 3 is 2.52 bits per heavy atom. The van der Waals surface area contributed by atoms with Gasteiger partial charge in [0.25, 0.3) is 0 Å². The Bertz CT molecular complexity index is 681. The van der Waals surface area contributed by atoms with Crippen LogP contribution in [0.3, 0.4) is 0 Å². The van der Waals surface area contributed by atoms with Gasteiger partial charge in [0.2, 0.25) is 11.8 Å². The molecule has 0 aliphatic rings. The van der Waals surface area contributed by atoms with E-state index in [2.05, 4.69) is 15.8 Å². The van der Waals surface area contributed by atoms with Crippen molar-refractivity contribution in [1.29, 1.82) is 0 Å². The van der Waals surface area contributed by atoms with Gasteiger partial charge in [0, 0.05) is 18.9 Å². The molecule has 1 aromatic carbocycles. The van der Waals surface area contributed by atoms with Gasteiger partial charge in [0.05, 0.1) is 12.3 Å². The molecular weight excluding hydrogens is 298 g/mol. The second-order valence-electron chi connectivity index (χ2n) is 4.85. The average molecular weight is 317 g/mol. The van der Waals surface area contributed by atoms with E-state index in [1.54, 1.807) is 31.2 Å². The van der Waals surface area contributed by atoms with Crippen molar-refractivity contribution in [2.45, 2.75) is 26.7 Å². The molecule has 0 aliphatic heterocycles. The van der Waals surface area contributed by atoms with Gasteiger partial charge in [0.15, 0.2) is 5.82 Å². The molecule has 0 unspecified atom stereocenters. The Labute approximate surface area is 134 Å². The van der Waals surface area contributed by atoms with E-state index in [0.29, 0.717) is 29.6 Å². The fourth-order valence-electron chi connectivity index (χ4n) is 1.92. The first-order chi connectivity index (χ1) is 11.1. The van der Waals surface area contributed by atoms with Gasteiger partial charge in [-0.25, -0.2) is 0 Å². The summed E-state index contributed by atoms with van der Waals surface area (Å²) in [6.07, 6.45) is 0.109. The number of nitrogens with zero attached hydrogens (tertiary/aromatic N) is 1. The minimum atomic E-state index is -0.299. The Hall–Kier alpha value is -2.83. The summed E-state index contributed by atoms with van der Waals surface area (Å²) in [5.41, 5.74) is 0.590. The predicted molar refractivity (Wildman–Crippen MR) is 85.3 cm³/mol. The number of ether oxygens (including phenoxy) is 1. The number of aryl methyl sites for hydroxylation is 1. The van der Waals surface area contributed by atoms with Crippen molar-refractivity contribution in [3.05, 3.63) is 36.1 Å². The van der Waals surface area contributed by atoms with Gasteiger partial charge in [-0.3, -0.25) is 9.59 Å². The minimum Gasteiger partial charge on any atom is -0.492 e. The van der Waals surface area contributed by atoms with Crippen LogP contribution < -0.4 is 15.4 Å². The maximum Gasteiger partial charge on any atom is 0.226 e. The quantitative estimate of drug-likeness (QED) is 0.819. The highest BCUT2D eigenvalue weighted by molar-refractivity contribution is 5.97. The lowest BCUT2D eigenvalue weighted by Crippen LogP contribution is -2.17. The summed E-state index contributed by atoms with van der Waals surface area (Å²) >= 11 is 0. The number of para-hydroxylation sites is 2. The second-order valence-corrected chi connectivity index (χ2v) is 4.85. The number of rotatable bonds is 7. The molecule has 0 saturated carbocycles. The third kappa shape index (κ3) is 5.14. The molecule has 7 heteroatoms. The first-order valence-electron chi connectivity index (χ1n) is 7.33. The second kappa shape index (κ2) is 7.98. The number of hydrogen-bond donors (Lipinski definition) is 2. The van der Waals surface area contributed by atoms with E-state index in [1.165, 1.54) is 0 Å². The first-order valence-corrected chi connectivity index (χ1v) is 7.33. The van der Waals surface area contributed by atoms with Crippen molar-refractivity contribution in [2.24, 2.45) is 0 Å². The van der Waals surface area contributed by atoms with Crippen LogP contribution in [0.15, 0.2) is 34.9 Å². The van der Waals surface area contributed by atoms with Gasteiger partial charge in [-0.1, -0.05) is 17.3 Å². The van der Waals surface area contributed by atoms with E-state index < -0.39 is 0 Å². The van der Waals surface area contributed by atoms with E-state index >= 15 is 0 Å². The Morgan fingerprint density at radius 1 is 1.17 bits per heavy atom. The molecule has 1 aromatic heterocycles. The van der Waals surface area contributed by atoms with Crippen molar-refractivity contribution in [3.63, 3.8) is 0 Å². The molecule has 2 aromatic rings. The van der Waals surface area contributed by atoms with Crippen LogP contribution in [0.5, 0.6) is 5.75 Å². The summed E-state index contributed by atoms with van der Waals surface area (Å²) < 4.78 is 10.3. The number of hydrogen-bond acceptors (Lipinski definition) is 5. The molecule has 0 radical (unpaired) electrons. The average Bonchev–Trinajstić information content (AvgIpc) is 2.92. The van der Waals surface area contributed by atoms with Gasteiger partial charge < -0.3 is 19.9 Å². The van der Waals surface area contributed by atoms with Crippen molar-refractivity contribution in [2.75, 3.05) is 17.2 Å². The molecule has 2 N–H and O–H groups in total. The molecule has 7 nitrogen and oxygen atoms in total. The summed E-state index contributed by atoms with van der Waals surface area (Å²) in [5, 5.41) is 8.96. The number of amides is 2. The Kier molecular flexibility index (Phi) is 5.74. The fourth-order valence-corrected chi connectivity index (χ4v) is 1.92. The number of aromatic nitrogens is 1. The Balaban J connectivity index is 1.82. The van der Waals surface area contributed by atoms with Crippen LogP contribution in [-0.4, -0.2) is 23.6 Å². The van der Waals surface area contributed by atoms with Gasteiger partial charge in [-0.05, 0) is 26.0 Å². The monoisotopic (exact) mass is 317 g/mol. The van der Waals surface area contributed by atoms with E-state index in [9.17, 15) is 9.59 Å². The number of nitrogens with one attached hydrogen (secondary N) is 2. The number of benzene rings is 1. The summed E-state index contributed by atoms with van der Waals surface area (Å²) in [4.78, 5) is 23.7. The zero-order chi connectivity index (χ0) is 16.7. The SMILES string of the molecule is CCOc1ccccc1NC(=O)CCC(=O)Nc1cc(C)on1. The highest BCUT2D eigenvalue weighted by Gasteiger charge is 2.11. The maximum absolute atomic E-state index is 11.9. The van der Waals surface area contributed by atoms with Crippen LogP contribution in [0.2, 0.25) is 0 Å². The molecule has 0 bridgehead atoms. The van der Waals surface area contributed by atoms with Crippen molar-refractivity contribution >= 4 is 23.3 Å². The molecule has 0 spiro atoms. The van der Waals surface area contributed by atoms with Crippen LogP contribution in [0.1, 0.15) is 25.5 Å². The number of anilines is 2. The van der Waals surface area contributed by atoms with Crippen molar-refractivity contribution in [1.82, 2.24) is 5.16 Å². The lowest BCUT2D eigenvalue weighted by Gasteiger charge is -2.11. The van der Waals surface area contributed by atoms with Crippen molar-refractivity contribution < 1.29 is 18.8 Å². The zero-order valence-corrected chi connectivity index (χ0v) is 13.1. The van der Waals surface area contributed by atoms with Crippen LogP contribution >= 0.6 is 0 Å². The molecule has 0 atom stereocenters. The molecular formula is C16H19N3O4. The smallest absolute Gasteiger partial charge is 0.226 e. The normalized spacial score (nSPS) is 10.2. The summed E-state index contributed by atoms with van der Waals surface area (Å²) in [7, 11) is 0. The number of carbonyl (C=O) groups is 2. The van der Waals surface area contributed by atoms with E-state index in [0.717, 1.165) is 0 Å². The largest absolute Gasteiger partial charge is 0.492 e. The molecule has 1 heterocycles. The predicted octanol–water partition coefficient (Wildman–Crippen LogP) is 2.74. The lowest BCUT2D eigenvalue weighted by molar-refractivity contribution is -0.121. The van der Waals surface area contributed by atoms with Crippen LogP contribution in [0.4, 0.5) is 11.5 Å². The molecule has 2 rings (SSSR count). The third-order valence-corrected chi connectivity index (χ3v) is 2.94. The third-order valence-electron chi connectivity index (χ3n) is 2.94. The topological polar surface area (TPSA) is 93.5 Å². The van der Waals surface area contributed by atoms with Crippen LogP contribution in [-0.2, 0) is 9.59 Å². The van der Waals surface area contributed by atoms with E-state index in [-0.39, 0.29) is 24.7 Å². The van der Waals surface area contributed by atoms with Gasteiger partial charge >= 0.3 is 0 Å². The summed E-state index contributed by atoms with van der Waals surface area (Å²) in [6.45, 7) is 4.10. The Morgan fingerprint density at radius 2 is 1.87 bits per heavy atom. The van der Waals surface area contributed by atoms with Crippen LogP contribution in [0.25, 0.3) is 0 Å². The highest BCUT2D eigenvalue weighted by Crippen LogP contribution is 2.23. The first kappa shape index (κ1) is 16.5. The van der Waals surface area contributed by atoms with Gasteiger partial charge in [0.1, 0.15) is 11.5 Å². The summed E-state index contributed by atoms with van der Waals surface area (Å²) in [5.74, 6) is 0.987. The summed E-state index contributed by atoms with van der Waals surface area (Å²) in [6, 6.07) is 8.77. The van der Waals surface area contributed by atoms with E-state index in [4.69, 9.17) is 9.26 Å². The zero-order valence-electron chi connectivity index (χ0n) is 13.1. The highest BCUT2D eigenvalue weighted by atomic mass is 16.5. The minimum absolute atomic E-state index is 0.0501. The standard InChI is InChI=1S/C16H19N3O4/c1-3-22-13-7-5-4-6-12(13)17-15(20)8-9-16(21)18-14-10-11(2)23-19-14/h4-7,10H,3,8-9H2,1-2H3,(H,17,20)(H,18,19,21). The molecule has 0 fully saturated rings. The fraction of sp³-hybridized carbons (Fsp3) is 0.312. The van der Waals surface area contributed by atoms with Crippen LogP contribution in [0, 0.1) is 6.92 Å². The lowest BCUT2D eigenvalue weighted by atomic mass is 10.2. The van der Waals surface area contributed by atoms with Gasteiger partial charge in [-0.2, -0.15) is 0 Å². The maximum atomic E-state index is 11.9. The molecule has 122 valence electrons. The number of carbonyl (C=O) groups excluding carboxylic acids is 2.